The van der Waals surface area contributed by atoms with Gasteiger partial charge in [-0.25, -0.2) is 0 Å². The molecule has 3 aromatic carbocycles. The lowest BCUT2D eigenvalue weighted by Crippen LogP contribution is -2.72. The Morgan fingerprint density at radius 2 is 1.40 bits per heavy atom. The Labute approximate surface area is 244 Å². The zero-order valence-electron chi connectivity index (χ0n) is 23.4. The second-order valence-corrected chi connectivity index (χ2v) is 11.3. The number of halogens is 1. The highest BCUT2D eigenvalue weighted by Crippen LogP contribution is 2.35. The number of benzene rings is 3. The number of hydrogen-bond acceptors (Lipinski definition) is 4. The molecular formula is C33H40ClN3O3. The number of carbonyl (C=O) groups is 2. The van der Waals surface area contributed by atoms with Crippen LogP contribution in [0.2, 0.25) is 0 Å². The van der Waals surface area contributed by atoms with Crippen LogP contribution < -0.4 is 10.1 Å². The second kappa shape index (κ2) is 13.3. The Bertz CT molecular complexity index is 1240. The van der Waals surface area contributed by atoms with E-state index in [9.17, 15) is 9.59 Å². The molecule has 0 saturated carbocycles. The van der Waals surface area contributed by atoms with E-state index < -0.39 is 11.6 Å². The molecule has 2 aliphatic heterocycles. The SMILES string of the molecule is CC(C)CC1NC(=O)C2(CCN(Cc3ccc(OCc4ccccc4)cc3)CC2)N(Cc2ccccc2)C1=O.Cl. The van der Waals surface area contributed by atoms with Gasteiger partial charge in [0.15, 0.2) is 0 Å². The van der Waals surface area contributed by atoms with Gasteiger partial charge in [-0.2, -0.15) is 0 Å². The van der Waals surface area contributed by atoms with Crippen LogP contribution in [0, 0.1) is 5.92 Å². The molecule has 2 amide bonds. The van der Waals surface area contributed by atoms with Gasteiger partial charge in [-0.3, -0.25) is 14.5 Å². The van der Waals surface area contributed by atoms with Crippen LogP contribution in [-0.4, -0.2) is 46.3 Å². The summed E-state index contributed by atoms with van der Waals surface area (Å²) in [6, 6.07) is 28.0. The van der Waals surface area contributed by atoms with E-state index >= 15 is 0 Å². The van der Waals surface area contributed by atoms with E-state index in [4.69, 9.17) is 4.74 Å². The van der Waals surface area contributed by atoms with Crippen LogP contribution in [0.15, 0.2) is 84.9 Å². The number of rotatable bonds is 9. The number of carbonyl (C=O) groups excluding carboxylic acids is 2. The lowest BCUT2D eigenvalue weighted by atomic mass is 9.80. The van der Waals surface area contributed by atoms with E-state index in [0.717, 1.165) is 36.5 Å². The first-order valence-corrected chi connectivity index (χ1v) is 14.1. The molecule has 40 heavy (non-hydrogen) atoms. The van der Waals surface area contributed by atoms with E-state index in [1.807, 2.05) is 65.6 Å². The van der Waals surface area contributed by atoms with Crippen LogP contribution >= 0.6 is 12.4 Å². The minimum Gasteiger partial charge on any atom is -0.489 e. The van der Waals surface area contributed by atoms with Crippen LogP contribution in [0.1, 0.15) is 49.8 Å². The molecule has 2 heterocycles. The maximum atomic E-state index is 13.7. The molecule has 1 atom stereocenters. The Balaban J connectivity index is 0.00000370. The van der Waals surface area contributed by atoms with Gasteiger partial charge in [0.05, 0.1) is 0 Å². The molecule has 0 aliphatic carbocycles. The predicted octanol–water partition coefficient (Wildman–Crippen LogP) is 5.60. The van der Waals surface area contributed by atoms with Gasteiger partial charge in [0.1, 0.15) is 23.9 Å². The van der Waals surface area contributed by atoms with Crippen molar-refractivity contribution in [2.24, 2.45) is 5.92 Å². The molecule has 1 N–H and O–H groups in total. The van der Waals surface area contributed by atoms with Crippen molar-refractivity contribution in [2.45, 2.75) is 64.4 Å². The summed E-state index contributed by atoms with van der Waals surface area (Å²) in [5.41, 5.74) is 2.61. The Morgan fingerprint density at radius 1 is 0.825 bits per heavy atom. The van der Waals surface area contributed by atoms with Gasteiger partial charge >= 0.3 is 0 Å². The van der Waals surface area contributed by atoms with Crippen molar-refractivity contribution in [1.29, 1.82) is 0 Å². The molecule has 3 aromatic rings. The number of nitrogens with zero attached hydrogens (tertiary/aromatic N) is 2. The quantitative estimate of drug-likeness (QED) is 0.370. The van der Waals surface area contributed by atoms with Crippen molar-refractivity contribution in [3.05, 3.63) is 102 Å². The molecule has 0 aromatic heterocycles. The van der Waals surface area contributed by atoms with Crippen molar-refractivity contribution < 1.29 is 14.3 Å². The van der Waals surface area contributed by atoms with Crippen LogP contribution in [0.4, 0.5) is 0 Å². The zero-order valence-corrected chi connectivity index (χ0v) is 24.2. The third kappa shape index (κ3) is 6.86. The normalized spacial score (nSPS) is 18.9. The average Bonchev–Trinajstić information content (AvgIpc) is 2.95. The highest BCUT2D eigenvalue weighted by atomic mass is 35.5. The summed E-state index contributed by atoms with van der Waals surface area (Å²) < 4.78 is 5.93. The van der Waals surface area contributed by atoms with Crippen LogP contribution in [0.25, 0.3) is 0 Å². The van der Waals surface area contributed by atoms with Crippen molar-refractivity contribution in [3.63, 3.8) is 0 Å². The van der Waals surface area contributed by atoms with Gasteiger partial charge in [0.25, 0.3) is 0 Å². The Kier molecular flexibility index (Phi) is 9.88. The first kappa shape index (κ1) is 29.6. The van der Waals surface area contributed by atoms with Crippen molar-refractivity contribution in [2.75, 3.05) is 13.1 Å². The lowest BCUT2D eigenvalue weighted by Gasteiger charge is -2.52. The highest BCUT2D eigenvalue weighted by molar-refractivity contribution is 6.00. The van der Waals surface area contributed by atoms with Gasteiger partial charge < -0.3 is 15.0 Å². The van der Waals surface area contributed by atoms with E-state index in [1.54, 1.807) is 0 Å². The van der Waals surface area contributed by atoms with Crippen molar-refractivity contribution in [1.82, 2.24) is 15.1 Å². The maximum Gasteiger partial charge on any atom is 0.246 e. The summed E-state index contributed by atoms with van der Waals surface area (Å²) >= 11 is 0. The number of piperazine rings is 1. The van der Waals surface area contributed by atoms with Gasteiger partial charge in [-0.1, -0.05) is 86.6 Å². The summed E-state index contributed by atoms with van der Waals surface area (Å²) in [7, 11) is 0. The predicted molar refractivity (Wildman–Crippen MR) is 160 cm³/mol. The summed E-state index contributed by atoms with van der Waals surface area (Å²) in [5.74, 6) is 1.23. The first-order valence-electron chi connectivity index (χ1n) is 14.1. The fourth-order valence-electron chi connectivity index (χ4n) is 5.77. The topological polar surface area (TPSA) is 61.9 Å². The molecule has 0 radical (unpaired) electrons. The molecule has 1 spiro atoms. The summed E-state index contributed by atoms with van der Waals surface area (Å²) in [5, 5.41) is 3.11. The number of piperidine rings is 1. The molecule has 7 heteroatoms. The molecule has 2 saturated heterocycles. The fraction of sp³-hybridized carbons (Fsp3) is 0.394. The van der Waals surface area contributed by atoms with E-state index in [-0.39, 0.29) is 24.2 Å². The molecule has 2 aliphatic rings. The molecule has 1 unspecified atom stereocenters. The minimum atomic E-state index is -0.800. The number of ether oxygens (including phenoxy) is 1. The molecular weight excluding hydrogens is 522 g/mol. The van der Waals surface area contributed by atoms with Crippen molar-refractivity contribution in [3.8, 4) is 5.75 Å². The third-order valence-corrected chi connectivity index (χ3v) is 7.96. The monoisotopic (exact) mass is 561 g/mol. The third-order valence-electron chi connectivity index (χ3n) is 7.96. The van der Waals surface area contributed by atoms with E-state index in [1.165, 1.54) is 5.56 Å². The maximum absolute atomic E-state index is 13.7. The first-order chi connectivity index (χ1) is 18.9. The summed E-state index contributed by atoms with van der Waals surface area (Å²) in [6.07, 6.45) is 1.91. The number of amides is 2. The van der Waals surface area contributed by atoms with Crippen LogP contribution in [0.3, 0.4) is 0 Å². The zero-order chi connectivity index (χ0) is 27.2. The van der Waals surface area contributed by atoms with Crippen LogP contribution in [-0.2, 0) is 29.3 Å². The summed E-state index contributed by atoms with van der Waals surface area (Å²) in [6.45, 7) is 7.51. The molecule has 212 valence electrons. The van der Waals surface area contributed by atoms with E-state index in [0.29, 0.717) is 38.3 Å². The molecule has 5 rings (SSSR count). The highest BCUT2D eigenvalue weighted by Gasteiger charge is 2.53. The largest absolute Gasteiger partial charge is 0.489 e. The van der Waals surface area contributed by atoms with Gasteiger partial charge in [-0.05, 0) is 54.0 Å². The molecule has 0 bridgehead atoms. The number of nitrogens with one attached hydrogen (secondary N) is 1. The number of hydrogen-bond donors (Lipinski definition) is 1. The Hall–Kier alpha value is -3.35. The molecule has 6 nitrogen and oxygen atoms in total. The van der Waals surface area contributed by atoms with Crippen molar-refractivity contribution >= 4 is 24.2 Å². The minimum absolute atomic E-state index is 0. The van der Waals surface area contributed by atoms with Gasteiger partial charge in [0.2, 0.25) is 11.8 Å². The Morgan fingerprint density at radius 3 is 2.00 bits per heavy atom. The lowest BCUT2D eigenvalue weighted by molar-refractivity contribution is -0.162. The summed E-state index contributed by atoms with van der Waals surface area (Å²) in [4.78, 5) is 31.6. The number of likely N-dealkylation sites (tertiary alicyclic amines) is 1. The van der Waals surface area contributed by atoms with Gasteiger partial charge in [0, 0.05) is 26.2 Å². The van der Waals surface area contributed by atoms with Gasteiger partial charge in [-0.15, -0.1) is 12.4 Å². The fourth-order valence-corrected chi connectivity index (χ4v) is 5.77. The smallest absolute Gasteiger partial charge is 0.246 e. The molecule has 2 fully saturated rings. The second-order valence-electron chi connectivity index (χ2n) is 11.3. The van der Waals surface area contributed by atoms with Crippen LogP contribution in [0.5, 0.6) is 5.75 Å². The standard InChI is InChI=1S/C33H39N3O3.ClH/c1-25(2)21-30-31(37)36(23-26-9-5-3-6-10-26)33(32(38)34-30)17-19-35(20-18-33)22-27-13-15-29(16-14-27)39-24-28-11-7-4-8-12-28;/h3-16,25,30H,17-24H2,1-2H3,(H,34,38);1H. The van der Waals surface area contributed by atoms with E-state index in [2.05, 4.69) is 48.3 Å². The average molecular weight is 562 g/mol.